The van der Waals surface area contributed by atoms with Gasteiger partial charge >= 0.3 is 0 Å². The van der Waals surface area contributed by atoms with E-state index in [2.05, 4.69) is 24.0 Å². The minimum atomic E-state index is 0.0298. The molecule has 0 aliphatic heterocycles. The second-order valence-electron chi connectivity index (χ2n) is 3.70. The Balaban J connectivity index is 2.64. The summed E-state index contributed by atoms with van der Waals surface area (Å²) in [6.45, 7) is 6.31. The maximum Gasteiger partial charge on any atom is 0.0789 e. The van der Waals surface area contributed by atoms with Gasteiger partial charge < -0.3 is 5.73 Å². The van der Waals surface area contributed by atoms with Gasteiger partial charge in [-0.05, 0) is 25.3 Å². The molecule has 0 saturated carbocycles. The lowest BCUT2D eigenvalue weighted by molar-refractivity contribution is 0.633. The van der Waals surface area contributed by atoms with Crippen molar-refractivity contribution in [2.75, 3.05) is 0 Å². The van der Waals surface area contributed by atoms with Crippen molar-refractivity contribution in [3.8, 4) is 0 Å². The standard InChI is InChI=1S/C9H17N3/c1-6(2)4-8-5-9(7(3)10)12-11-8/h5-7H,4,10H2,1-3H3,(H,11,12). The Bertz CT molecular complexity index is 238. The van der Waals surface area contributed by atoms with Gasteiger partial charge in [-0.1, -0.05) is 13.8 Å². The van der Waals surface area contributed by atoms with Gasteiger partial charge in [-0.15, -0.1) is 0 Å². The topological polar surface area (TPSA) is 54.7 Å². The summed E-state index contributed by atoms with van der Waals surface area (Å²) in [5.74, 6) is 0.659. The van der Waals surface area contributed by atoms with Crippen LogP contribution in [0.1, 0.15) is 38.2 Å². The van der Waals surface area contributed by atoms with Crippen molar-refractivity contribution in [2.45, 2.75) is 33.2 Å². The smallest absolute Gasteiger partial charge is 0.0789 e. The molecule has 0 radical (unpaired) electrons. The molecule has 1 unspecified atom stereocenters. The number of aromatic amines is 1. The summed E-state index contributed by atoms with van der Waals surface area (Å²) in [6.07, 6.45) is 1.04. The van der Waals surface area contributed by atoms with Crippen LogP contribution in [0.4, 0.5) is 0 Å². The first-order valence-corrected chi connectivity index (χ1v) is 4.39. The maximum atomic E-state index is 5.68. The number of H-pyrrole nitrogens is 1. The molecule has 3 N–H and O–H groups in total. The Morgan fingerprint density at radius 2 is 2.17 bits per heavy atom. The fraction of sp³-hybridized carbons (Fsp3) is 0.667. The fourth-order valence-corrected chi connectivity index (χ4v) is 1.16. The molecule has 0 spiro atoms. The normalized spacial score (nSPS) is 13.8. The first kappa shape index (κ1) is 9.26. The van der Waals surface area contributed by atoms with Gasteiger partial charge in [0.15, 0.2) is 0 Å². The van der Waals surface area contributed by atoms with E-state index in [1.807, 2.05) is 13.0 Å². The number of aromatic nitrogens is 2. The third-order valence-corrected chi connectivity index (χ3v) is 1.75. The van der Waals surface area contributed by atoms with Gasteiger partial charge in [0, 0.05) is 11.7 Å². The van der Waals surface area contributed by atoms with Crippen molar-refractivity contribution < 1.29 is 0 Å². The Labute approximate surface area is 73.4 Å². The zero-order valence-electron chi connectivity index (χ0n) is 7.96. The third kappa shape index (κ3) is 2.34. The minimum absolute atomic E-state index is 0.0298. The Morgan fingerprint density at radius 3 is 2.58 bits per heavy atom. The van der Waals surface area contributed by atoms with E-state index in [0.717, 1.165) is 12.1 Å². The van der Waals surface area contributed by atoms with Crippen molar-refractivity contribution in [1.82, 2.24) is 10.2 Å². The Kier molecular flexibility index (Phi) is 2.87. The van der Waals surface area contributed by atoms with Gasteiger partial charge in [0.2, 0.25) is 0 Å². The number of nitrogens with zero attached hydrogens (tertiary/aromatic N) is 1. The number of nitrogens with two attached hydrogens (primary N) is 1. The van der Waals surface area contributed by atoms with Crippen LogP contribution in [0, 0.1) is 5.92 Å². The molecule has 3 heteroatoms. The molecular formula is C9H17N3. The van der Waals surface area contributed by atoms with Crippen LogP contribution in [0.5, 0.6) is 0 Å². The van der Waals surface area contributed by atoms with Crippen molar-refractivity contribution in [1.29, 1.82) is 0 Å². The van der Waals surface area contributed by atoms with Crippen LogP contribution >= 0.6 is 0 Å². The second-order valence-corrected chi connectivity index (χ2v) is 3.70. The van der Waals surface area contributed by atoms with E-state index in [9.17, 15) is 0 Å². The molecule has 1 aromatic heterocycles. The minimum Gasteiger partial charge on any atom is -0.323 e. The highest BCUT2D eigenvalue weighted by molar-refractivity contribution is 5.11. The molecule has 0 fully saturated rings. The molecule has 12 heavy (non-hydrogen) atoms. The lowest BCUT2D eigenvalue weighted by Crippen LogP contribution is -2.04. The largest absolute Gasteiger partial charge is 0.323 e. The molecule has 0 aliphatic rings. The first-order chi connectivity index (χ1) is 5.59. The molecule has 0 aliphatic carbocycles. The van der Waals surface area contributed by atoms with E-state index in [1.54, 1.807) is 0 Å². The summed E-state index contributed by atoms with van der Waals surface area (Å²) in [5, 5.41) is 7.11. The average Bonchev–Trinajstić information content (AvgIpc) is 2.34. The van der Waals surface area contributed by atoms with Crippen LogP contribution in [0.3, 0.4) is 0 Å². The summed E-state index contributed by atoms with van der Waals surface area (Å²) in [4.78, 5) is 0. The second kappa shape index (κ2) is 3.72. The lowest BCUT2D eigenvalue weighted by Gasteiger charge is -1.99. The van der Waals surface area contributed by atoms with E-state index in [0.29, 0.717) is 5.92 Å². The summed E-state index contributed by atoms with van der Waals surface area (Å²) in [6, 6.07) is 2.08. The summed E-state index contributed by atoms with van der Waals surface area (Å²) in [7, 11) is 0. The molecular weight excluding hydrogens is 150 g/mol. The predicted octanol–water partition coefficient (Wildman–Crippen LogP) is 1.63. The molecule has 1 atom stereocenters. The van der Waals surface area contributed by atoms with Gasteiger partial charge in [0.1, 0.15) is 0 Å². The van der Waals surface area contributed by atoms with E-state index in [4.69, 9.17) is 5.73 Å². The van der Waals surface area contributed by atoms with E-state index < -0.39 is 0 Å². The van der Waals surface area contributed by atoms with Gasteiger partial charge in [-0.3, -0.25) is 5.10 Å². The number of hydrogen-bond donors (Lipinski definition) is 2. The van der Waals surface area contributed by atoms with Crippen LogP contribution < -0.4 is 5.73 Å². The van der Waals surface area contributed by atoms with Crippen molar-refractivity contribution in [2.24, 2.45) is 11.7 Å². The van der Waals surface area contributed by atoms with Crippen LogP contribution in [-0.4, -0.2) is 10.2 Å². The lowest BCUT2D eigenvalue weighted by atomic mass is 10.1. The SMILES string of the molecule is CC(C)Cc1cc(C(C)N)n[nH]1. The van der Waals surface area contributed by atoms with E-state index >= 15 is 0 Å². The quantitative estimate of drug-likeness (QED) is 0.718. The van der Waals surface area contributed by atoms with Gasteiger partial charge in [0.25, 0.3) is 0 Å². The van der Waals surface area contributed by atoms with Gasteiger partial charge in [0.05, 0.1) is 5.69 Å². The molecule has 1 rings (SSSR count). The maximum absolute atomic E-state index is 5.68. The number of nitrogens with one attached hydrogen (secondary N) is 1. The zero-order chi connectivity index (χ0) is 9.14. The van der Waals surface area contributed by atoms with Crippen LogP contribution in [-0.2, 0) is 6.42 Å². The van der Waals surface area contributed by atoms with E-state index in [-0.39, 0.29) is 6.04 Å². The summed E-state index contributed by atoms with van der Waals surface area (Å²) < 4.78 is 0. The van der Waals surface area contributed by atoms with Crippen molar-refractivity contribution in [3.05, 3.63) is 17.5 Å². The molecule has 0 saturated heterocycles. The highest BCUT2D eigenvalue weighted by Crippen LogP contribution is 2.10. The zero-order valence-corrected chi connectivity index (χ0v) is 7.96. The summed E-state index contributed by atoms with van der Waals surface area (Å²) in [5.41, 5.74) is 7.80. The molecule has 1 aromatic rings. The molecule has 0 aromatic carbocycles. The molecule has 0 bridgehead atoms. The molecule has 1 heterocycles. The highest BCUT2D eigenvalue weighted by Gasteiger charge is 2.05. The number of rotatable bonds is 3. The number of hydrogen-bond acceptors (Lipinski definition) is 2. The van der Waals surface area contributed by atoms with Crippen LogP contribution in [0.25, 0.3) is 0 Å². The molecule has 0 amide bonds. The molecule has 68 valence electrons. The van der Waals surface area contributed by atoms with Crippen molar-refractivity contribution in [3.63, 3.8) is 0 Å². The fourth-order valence-electron chi connectivity index (χ4n) is 1.16. The van der Waals surface area contributed by atoms with Gasteiger partial charge in [-0.2, -0.15) is 5.10 Å². The van der Waals surface area contributed by atoms with Gasteiger partial charge in [-0.25, -0.2) is 0 Å². The Morgan fingerprint density at radius 1 is 1.50 bits per heavy atom. The summed E-state index contributed by atoms with van der Waals surface area (Å²) >= 11 is 0. The third-order valence-electron chi connectivity index (χ3n) is 1.75. The van der Waals surface area contributed by atoms with Crippen molar-refractivity contribution >= 4 is 0 Å². The Hall–Kier alpha value is -0.830. The average molecular weight is 167 g/mol. The highest BCUT2D eigenvalue weighted by atomic mass is 15.1. The predicted molar refractivity (Wildman–Crippen MR) is 49.7 cm³/mol. The first-order valence-electron chi connectivity index (χ1n) is 4.39. The van der Waals surface area contributed by atoms with Crippen LogP contribution in [0.2, 0.25) is 0 Å². The monoisotopic (exact) mass is 167 g/mol. The van der Waals surface area contributed by atoms with E-state index in [1.165, 1.54) is 5.69 Å². The van der Waals surface area contributed by atoms with Crippen LogP contribution in [0.15, 0.2) is 6.07 Å². The molecule has 3 nitrogen and oxygen atoms in total.